The number of carbonyl (C=O) groups excluding carboxylic acids is 1. The molecule has 0 unspecified atom stereocenters. The lowest BCUT2D eigenvalue weighted by Gasteiger charge is -2.12. The Morgan fingerprint density at radius 3 is 2.76 bits per heavy atom. The predicted molar refractivity (Wildman–Crippen MR) is 82.7 cm³/mol. The molecule has 6 nitrogen and oxygen atoms in total. The van der Waals surface area contributed by atoms with Crippen molar-refractivity contribution in [2.75, 3.05) is 18.1 Å². The molecule has 2 heterocycles. The van der Waals surface area contributed by atoms with E-state index in [-0.39, 0.29) is 5.91 Å². The van der Waals surface area contributed by atoms with Gasteiger partial charge in [-0.3, -0.25) is 4.79 Å². The molecule has 0 aliphatic rings. The van der Waals surface area contributed by atoms with E-state index >= 15 is 0 Å². The van der Waals surface area contributed by atoms with E-state index in [1.165, 1.54) is 6.20 Å². The number of nitrogens with one attached hydrogen (secondary N) is 2. The van der Waals surface area contributed by atoms with E-state index in [9.17, 15) is 4.79 Å². The summed E-state index contributed by atoms with van der Waals surface area (Å²) in [4.78, 5) is 12.0. The van der Waals surface area contributed by atoms with Gasteiger partial charge in [-0.05, 0) is 18.2 Å². The van der Waals surface area contributed by atoms with E-state index < -0.39 is 0 Å². The zero-order chi connectivity index (χ0) is 14.8. The first-order chi connectivity index (χ1) is 10.2. The molecule has 0 aliphatic carbocycles. The van der Waals surface area contributed by atoms with Gasteiger partial charge in [-0.25, -0.2) is 4.52 Å². The predicted octanol–water partition coefficient (Wildman–Crippen LogP) is 2.02. The molecule has 4 N–H and O–H groups in total. The van der Waals surface area contributed by atoms with Gasteiger partial charge in [0.25, 0.3) is 5.91 Å². The average molecular weight is 281 g/mol. The summed E-state index contributed by atoms with van der Waals surface area (Å²) in [6.07, 6.45) is 3.23. The number of fused-ring (bicyclic) bond motifs is 1. The van der Waals surface area contributed by atoms with Crippen molar-refractivity contribution in [3.05, 3.63) is 54.4 Å². The Kier molecular flexibility index (Phi) is 3.19. The van der Waals surface area contributed by atoms with Gasteiger partial charge in [0, 0.05) is 12.7 Å². The molecule has 0 aliphatic heterocycles. The standard InChI is InChI=1S/C15H15N5O/c1-17-15(21)12-8-18-20-9-10(16)7-13(20)14(12)19-11-5-3-2-4-6-11/h2-9,19H,16H2,1H3,(H,17,21). The van der Waals surface area contributed by atoms with Crippen LogP contribution < -0.4 is 16.4 Å². The highest BCUT2D eigenvalue weighted by atomic mass is 16.1. The lowest BCUT2D eigenvalue weighted by atomic mass is 10.2. The third-order valence-corrected chi connectivity index (χ3v) is 3.17. The number of nitrogens with zero attached hydrogens (tertiary/aromatic N) is 2. The Labute approximate surface area is 121 Å². The molecule has 0 saturated heterocycles. The van der Waals surface area contributed by atoms with E-state index in [0.717, 1.165) is 11.2 Å². The van der Waals surface area contributed by atoms with Crippen LogP contribution in [0.25, 0.3) is 5.52 Å². The molecule has 0 radical (unpaired) electrons. The van der Waals surface area contributed by atoms with Gasteiger partial charge in [0.15, 0.2) is 0 Å². The molecule has 1 amide bonds. The van der Waals surface area contributed by atoms with Crippen LogP contribution in [0.15, 0.2) is 48.8 Å². The van der Waals surface area contributed by atoms with E-state index in [0.29, 0.717) is 16.9 Å². The van der Waals surface area contributed by atoms with Crippen molar-refractivity contribution in [1.82, 2.24) is 14.9 Å². The third kappa shape index (κ3) is 2.38. The first-order valence-electron chi connectivity index (χ1n) is 6.50. The maximum atomic E-state index is 12.0. The molecule has 6 heteroatoms. The first-order valence-corrected chi connectivity index (χ1v) is 6.50. The molecule has 0 bridgehead atoms. The molecule has 0 fully saturated rings. The molecule has 0 spiro atoms. The second-order valence-electron chi connectivity index (χ2n) is 4.61. The molecule has 106 valence electrons. The van der Waals surface area contributed by atoms with Crippen LogP contribution in [0.3, 0.4) is 0 Å². The normalized spacial score (nSPS) is 10.5. The highest BCUT2D eigenvalue weighted by molar-refractivity contribution is 6.03. The number of anilines is 3. The number of para-hydroxylation sites is 1. The van der Waals surface area contributed by atoms with E-state index in [1.807, 2.05) is 30.3 Å². The number of benzene rings is 1. The van der Waals surface area contributed by atoms with E-state index in [2.05, 4.69) is 15.7 Å². The molecular weight excluding hydrogens is 266 g/mol. The Hall–Kier alpha value is -3.02. The fourth-order valence-electron chi connectivity index (χ4n) is 2.18. The zero-order valence-corrected chi connectivity index (χ0v) is 11.5. The minimum atomic E-state index is -0.205. The number of carbonyl (C=O) groups is 1. The topological polar surface area (TPSA) is 84.5 Å². The number of aromatic nitrogens is 2. The molecule has 2 aromatic heterocycles. The van der Waals surface area contributed by atoms with Crippen molar-refractivity contribution in [3.8, 4) is 0 Å². The second-order valence-corrected chi connectivity index (χ2v) is 4.61. The van der Waals surface area contributed by atoms with Crippen molar-refractivity contribution in [1.29, 1.82) is 0 Å². The highest BCUT2D eigenvalue weighted by Gasteiger charge is 2.15. The van der Waals surface area contributed by atoms with E-state index in [4.69, 9.17) is 5.73 Å². The van der Waals surface area contributed by atoms with Gasteiger partial charge in [0.05, 0.1) is 34.8 Å². The molecule has 21 heavy (non-hydrogen) atoms. The lowest BCUT2D eigenvalue weighted by molar-refractivity contribution is 0.0963. The summed E-state index contributed by atoms with van der Waals surface area (Å²) < 4.78 is 1.65. The summed E-state index contributed by atoms with van der Waals surface area (Å²) in [7, 11) is 1.59. The van der Waals surface area contributed by atoms with Gasteiger partial charge in [-0.15, -0.1) is 0 Å². The third-order valence-electron chi connectivity index (χ3n) is 3.17. The van der Waals surface area contributed by atoms with Crippen LogP contribution in [0, 0.1) is 0 Å². The van der Waals surface area contributed by atoms with Gasteiger partial charge < -0.3 is 16.4 Å². The smallest absolute Gasteiger partial charge is 0.254 e. The monoisotopic (exact) mass is 281 g/mol. The fraction of sp³-hybridized carbons (Fsp3) is 0.0667. The largest absolute Gasteiger partial charge is 0.397 e. The molecule has 3 rings (SSSR count). The molecular formula is C15H15N5O. The van der Waals surface area contributed by atoms with Crippen LogP contribution in [0.5, 0.6) is 0 Å². The Morgan fingerprint density at radius 1 is 1.29 bits per heavy atom. The van der Waals surface area contributed by atoms with Gasteiger partial charge >= 0.3 is 0 Å². The van der Waals surface area contributed by atoms with Gasteiger partial charge in [-0.1, -0.05) is 18.2 Å². The van der Waals surface area contributed by atoms with E-state index in [1.54, 1.807) is 23.8 Å². The summed E-state index contributed by atoms with van der Waals surface area (Å²) in [5.41, 5.74) is 9.18. The van der Waals surface area contributed by atoms with Crippen molar-refractivity contribution < 1.29 is 4.79 Å². The number of hydrogen-bond acceptors (Lipinski definition) is 4. The maximum Gasteiger partial charge on any atom is 0.254 e. The Balaban J connectivity index is 2.18. The maximum absolute atomic E-state index is 12.0. The van der Waals surface area contributed by atoms with Crippen LogP contribution in [0.4, 0.5) is 17.1 Å². The summed E-state index contributed by atoms with van der Waals surface area (Å²) in [5, 5.41) is 10.1. The number of hydrogen-bond donors (Lipinski definition) is 3. The minimum Gasteiger partial charge on any atom is -0.397 e. The van der Waals surface area contributed by atoms with Crippen molar-refractivity contribution in [3.63, 3.8) is 0 Å². The minimum absolute atomic E-state index is 0.205. The van der Waals surface area contributed by atoms with Crippen molar-refractivity contribution in [2.24, 2.45) is 0 Å². The highest BCUT2D eigenvalue weighted by Crippen LogP contribution is 2.27. The number of nitrogen functional groups attached to an aromatic ring is 1. The van der Waals surface area contributed by atoms with Crippen LogP contribution in [-0.4, -0.2) is 22.6 Å². The Morgan fingerprint density at radius 2 is 2.05 bits per heavy atom. The molecule has 0 saturated carbocycles. The summed E-state index contributed by atoms with van der Waals surface area (Å²) >= 11 is 0. The summed E-state index contributed by atoms with van der Waals surface area (Å²) in [6.45, 7) is 0. The molecule has 3 aromatic rings. The number of amides is 1. The Bertz CT molecular complexity index is 794. The van der Waals surface area contributed by atoms with Crippen LogP contribution >= 0.6 is 0 Å². The first kappa shape index (κ1) is 13.0. The zero-order valence-electron chi connectivity index (χ0n) is 11.5. The quantitative estimate of drug-likeness (QED) is 0.685. The number of nitrogens with two attached hydrogens (primary N) is 1. The van der Waals surface area contributed by atoms with Crippen LogP contribution in [0.1, 0.15) is 10.4 Å². The lowest BCUT2D eigenvalue weighted by Crippen LogP contribution is -2.20. The van der Waals surface area contributed by atoms with Crippen LogP contribution in [-0.2, 0) is 0 Å². The second kappa shape index (κ2) is 5.16. The fourth-order valence-corrected chi connectivity index (χ4v) is 2.18. The average Bonchev–Trinajstić information content (AvgIpc) is 2.89. The van der Waals surface area contributed by atoms with Gasteiger partial charge in [0.2, 0.25) is 0 Å². The van der Waals surface area contributed by atoms with Crippen molar-refractivity contribution in [2.45, 2.75) is 0 Å². The molecule has 0 atom stereocenters. The van der Waals surface area contributed by atoms with Crippen LogP contribution in [0.2, 0.25) is 0 Å². The van der Waals surface area contributed by atoms with Crippen molar-refractivity contribution >= 4 is 28.5 Å². The van der Waals surface area contributed by atoms with Gasteiger partial charge in [0.1, 0.15) is 0 Å². The van der Waals surface area contributed by atoms with Gasteiger partial charge in [-0.2, -0.15) is 5.10 Å². The number of rotatable bonds is 3. The summed E-state index contributed by atoms with van der Waals surface area (Å²) in [5.74, 6) is -0.205. The molecule has 1 aromatic carbocycles. The summed E-state index contributed by atoms with van der Waals surface area (Å²) in [6, 6.07) is 11.4. The SMILES string of the molecule is CNC(=O)c1cnn2cc(N)cc2c1Nc1ccccc1.